The van der Waals surface area contributed by atoms with Gasteiger partial charge >= 0.3 is 12.3 Å². The molecule has 0 spiro atoms. The van der Waals surface area contributed by atoms with Crippen molar-refractivity contribution in [3.63, 3.8) is 0 Å². The summed E-state index contributed by atoms with van der Waals surface area (Å²) in [5.74, 6) is 0.900. The van der Waals surface area contributed by atoms with Crippen LogP contribution in [0.4, 0.5) is 18.0 Å². The van der Waals surface area contributed by atoms with Gasteiger partial charge < -0.3 is 10.1 Å². The monoisotopic (exact) mass is 237 g/mol. The summed E-state index contributed by atoms with van der Waals surface area (Å²) in [6, 6.07) is 0.0285. The first-order chi connectivity index (χ1) is 7.46. The highest BCUT2D eigenvalue weighted by molar-refractivity contribution is 5.67. The highest BCUT2D eigenvalue weighted by Gasteiger charge is 2.42. The lowest BCUT2D eigenvalue weighted by atomic mass is 10.1. The molecule has 0 saturated heterocycles. The van der Waals surface area contributed by atoms with Crippen molar-refractivity contribution in [2.45, 2.75) is 37.9 Å². The minimum absolute atomic E-state index is 0.0285. The molecule has 0 aromatic rings. The molecule has 0 radical (unpaired) electrons. The quantitative estimate of drug-likeness (QED) is 0.815. The largest absolute Gasteiger partial charge is 0.440 e. The second kappa shape index (κ2) is 4.14. The SMILES string of the molecule is O=C(NC(C1CC1)C1CC1)OCC(F)(F)F. The van der Waals surface area contributed by atoms with Crippen molar-refractivity contribution in [2.75, 3.05) is 6.61 Å². The number of alkyl carbamates (subject to hydrolysis) is 1. The number of carbonyl (C=O) groups excluding carboxylic acids is 1. The summed E-state index contributed by atoms with van der Waals surface area (Å²) in [5, 5.41) is 2.55. The molecular weight excluding hydrogens is 223 g/mol. The lowest BCUT2D eigenvalue weighted by Gasteiger charge is -2.17. The summed E-state index contributed by atoms with van der Waals surface area (Å²) in [6.45, 7) is -1.51. The van der Waals surface area contributed by atoms with Crippen LogP contribution in [0.25, 0.3) is 0 Å². The van der Waals surface area contributed by atoms with Crippen molar-refractivity contribution < 1.29 is 22.7 Å². The average Bonchev–Trinajstić information content (AvgIpc) is 3.00. The lowest BCUT2D eigenvalue weighted by molar-refractivity contribution is -0.160. The number of rotatable bonds is 4. The molecule has 2 saturated carbocycles. The van der Waals surface area contributed by atoms with Crippen molar-refractivity contribution in [1.82, 2.24) is 5.32 Å². The summed E-state index contributed by atoms with van der Waals surface area (Å²) in [4.78, 5) is 11.1. The van der Waals surface area contributed by atoms with Crippen molar-refractivity contribution in [1.29, 1.82) is 0 Å². The molecular formula is C10H14F3NO2. The van der Waals surface area contributed by atoms with Crippen LogP contribution in [0, 0.1) is 11.8 Å². The lowest BCUT2D eigenvalue weighted by Crippen LogP contribution is -2.39. The summed E-state index contributed by atoms with van der Waals surface area (Å²) in [6.07, 6.45) is -1.17. The Balaban J connectivity index is 1.72. The smallest absolute Gasteiger partial charge is 0.422 e. The molecule has 0 aromatic heterocycles. The van der Waals surface area contributed by atoms with E-state index in [1.165, 1.54) is 0 Å². The van der Waals surface area contributed by atoms with E-state index in [1.807, 2.05) is 0 Å². The van der Waals surface area contributed by atoms with Gasteiger partial charge in [0.15, 0.2) is 6.61 Å². The Morgan fingerprint density at radius 2 is 1.75 bits per heavy atom. The second-order valence-electron chi connectivity index (χ2n) is 4.54. The number of hydrogen-bond acceptors (Lipinski definition) is 2. The molecule has 0 atom stereocenters. The summed E-state index contributed by atoms with van der Waals surface area (Å²) >= 11 is 0. The molecule has 0 aromatic carbocycles. The van der Waals surface area contributed by atoms with E-state index < -0.39 is 18.9 Å². The summed E-state index contributed by atoms with van der Waals surface area (Å²) in [5.41, 5.74) is 0. The van der Waals surface area contributed by atoms with Crippen LogP contribution in [0.1, 0.15) is 25.7 Å². The van der Waals surface area contributed by atoms with Gasteiger partial charge in [0.05, 0.1) is 0 Å². The van der Waals surface area contributed by atoms with Gasteiger partial charge in [-0.05, 0) is 37.5 Å². The summed E-state index contributed by atoms with van der Waals surface area (Å²) in [7, 11) is 0. The third kappa shape index (κ3) is 3.57. The minimum atomic E-state index is -4.45. The normalized spacial score (nSPS) is 21.0. The molecule has 92 valence electrons. The van der Waals surface area contributed by atoms with Gasteiger partial charge in [0.1, 0.15) is 0 Å². The predicted molar refractivity (Wildman–Crippen MR) is 49.8 cm³/mol. The molecule has 1 amide bonds. The van der Waals surface area contributed by atoms with Crippen LogP contribution in [-0.4, -0.2) is 24.9 Å². The zero-order valence-electron chi connectivity index (χ0n) is 8.72. The van der Waals surface area contributed by atoms with Gasteiger partial charge in [-0.15, -0.1) is 0 Å². The van der Waals surface area contributed by atoms with E-state index >= 15 is 0 Å². The highest BCUT2D eigenvalue weighted by atomic mass is 19.4. The van der Waals surface area contributed by atoms with E-state index in [2.05, 4.69) is 10.1 Å². The van der Waals surface area contributed by atoms with Gasteiger partial charge in [0, 0.05) is 6.04 Å². The third-order valence-electron chi connectivity index (χ3n) is 2.91. The first kappa shape index (κ1) is 11.5. The molecule has 0 unspecified atom stereocenters. The van der Waals surface area contributed by atoms with E-state index in [-0.39, 0.29) is 6.04 Å². The van der Waals surface area contributed by atoms with Crippen LogP contribution in [0.15, 0.2) is 0 Å². The number of amides is 1. The maximum absolute atomic E-state index is 11.8. The van der Waals surface area contributed by atoms with Gasteiger partial charge in [0.25, 0.3) is 0 Å². The molecule has 2 rings (SSSR count). The number of alkyl halides is 3. The van der Waals surface area contributed by atoms with Crippen molar-refractivity contribution in [3.8, 4) is 0 Å². The van der Waals surface area contributed by atoms with E-state index in [9.17, 15) is 18.0 Å². The zero-order valence-corrected chi connectivity index (χ0v) is 8.72. The van der Waals surface area contributed by atoms with Crippen molar-refractivity contribution in [3.05, 3.63) is 0 Å². The molecule has 2 aliphatic rings. The Labute approximate surface area is 91.3 Å². The highest BCUT2D eigenvalue weighted by Crippen LogP contribution is 2.44. The predicted octanol–water partition coefficient (Wildman–Crippen LogP) is 2.46. The first-order valence-electron chi connectivity index (χ1n) is 5.46. The molecule has 3 nitrogen and oxygen atoms in total. The van der Waals surface area contributed by atoms with Crippen LogP contribution < -0.4 is 5.32 Å². The molecule has 0 bridgehead atoms. The van der Waals surface area contributed by atoms with E-state index in [4.69, 9.17) is 0 Å². The number of ether oxygens (including phenoxy) is 1. The van der Waals surface area contributed by atoms with E-state index in [1.54, 1.807) is 0 Å². The fourth-order valence-electron chi connectivity index (χ4n) is 1.86. The molecule has 2 aliphatic carbocycles. The zero-order chi connectivity index (χ0) is 11.8. The van der Waals surface area contributed by atoms with E-state index in [0.717, 1.165) is 25.7 Å². The topological polar surface area (TPSA) is 38.3 Å². The summed E-state index contributed by atoms with van der Waals surface area (Å²) < 4.78 is 39.5. The van der Waals surface area contributed by atoms with Gasteiger partial charge in [0.2, 0.25) is 0 Å². The average molecular weight is 237 g/mol. The van der Waals surface area contributed by atoms with Gasteiger partial charge in [-0.1, -0.05) is 0 Å². The van der Waals surface area contributed by atoms with Crippen molar-refractivity contribution >= 4 is 6.09 Å². The van der Waals surface area contributed by atoms with E-state index in [0.29, 0.717) is 11.8 Å². The maximum atomic E-state index is 11.8. The van der Waals surface area contributed by atoms with Crippen molar-refractivity contribution in [2.24, 2.45) is 11.8 Å². The maximum Gasteiger partial charge on any atom is 0.422 e. The molecule has 1 N–H and O–H groups in total. The van der Waals surface area contributed by atoms with Crippen LogP contribution in [-0.2, 0) is 4.74 Å². The second-order valence-corrected chi connectivity index (χ2v) is 4.54. The molecule has 2 fully saturated rings. The molecule has 6 heteroatoms. The number of hydrogen-bond donors (Lipinski definition) is 1. The van der Waals surface area contributed by atoms with Crippen LogP contribution in [0.3, 0.4) is 0 Å². The Hall–Kier alpha value is -0.940. The Kier molecular flexibility index (Phi) is 2.99. The fraction of sp³-hybridized carbons (Fsp3) is 0.900. The molecule has 0 aliphatic heterocycles. The Bertz CT molecular complexity index is 260. The molecule has 0 heterocycles. The van der Waals surface area contributed by atoms with Crippen LogP contribution in [0.5, 0.6) is 0 Å². The van der Waals surface area contributed by atoms with Gasteiger partial charge in [-0.2, -0.15) is 13.2 Å². The number of nitrogens with one attached hydrogen (secondary N) is 1. The van der Waals surface area contributed by atoms with Crippen LogP contribution >= 0.6 is 0 Å². The standard InChI is InChI=1S/C10H14F3NO2/c11-10(12,13)5-16-9(15)14-8(6-1-2-6)7-3-4-7/h6-8H,1-5H2,(H,14,15). The Morgan fingerprint density at radius 1 is 1.25 bits per heavy atom. The third-order valence-corrected chi connectivity index (χ3v) is 2.91. The Morgan fingerprint density at radius 3 is 2.12 bits per heavy atom. The first-order valence-corrected chi connectivity index (χ1v) is 5.46. The van der Waals surface area contributed by atoms with Gasteiger partial charge in [-0.3, -0.25) is 0 Å². The minimum Gasteiger partial charge on any atom is -0.440 e. The van der Waals surface area contributed by atoms with Gasteiger partial charge in [-0.25, -0.2) is 4.79 Å². The number of halogens is 3. The fourth-order valence-corrected chi connectivity index (χ4v) is 1.86. The molecule has 16 heavy (non-hydrogen) atoms. The number of carbonyl (C=O) groups is 1. The van der Waals surface area contributed by atoms with Crippen LogP contribution in [0.2, 0.25) is 0 Å².